The minimum Gasteiger partial charge on any atom is -0.493 e. The van der Waals surface area contributed by atoms with E-state index in [-0.39, 0.29) is 29.3 Å². The zero-order chi connectivity index (χ0) is 26.6. The van der Waals surface area contributed by atoms with E-state index < -0.39 is 18.0 Å². The highest BCUT2D eigenvalue weighted by Gasteiger charge is 2.38. The molecule has 2 aromatic heterocycles. The molecule has 0 bridgehead atoms. The van der Waals surface area contributed by atoms with Crippen LogP contribution < -0.4 is 15.4 Å². The van der Waals surface area contributed by atoms with Crippen molar-refractivity contribution in [3.05, 3.63) is 39.9 Å². The number of rotatable bonds is 6. The van der Waals surface area contributed by atoms with E-state index in [2.05, 4.69) is 25.6 Å². The van der Waals surface area contributed by atoms with Crippen LogP contribution in [-0.2, 0) is 9.59 Å². The van der Waals surface area contributed by atoms with E-state index in [1.165, 1.54) is 17.7 Å². The number of carboxylic acid groups (broad SMARTS) is 1. The number of hydrogen-bond donors (Lipinski definition) is 3. The molecule has 9 nitrogen and oxygen atoms in total. The van der Waals surface area contributed by atoms with Crippen LogP contribution >= 0.6 is 22.9 Å². The monoisotopic (exact) mass is 549 g/mol. The highest BCUT2D eigenvalue weighted by atomic mass is 35.5. The molecule has 4 rings (SSSR count). The number of nitrogens with one attached hydrogen (secondary N) is 2. The first kappa shape index (κ1) is 27.3. The van der Waals surface area contributed by atoms with Crippen molar-refractivity contribution in [3.63, 3.8) is 0 Å². The van der Waals surface area contributed by atoms with Crippen LogP contribution in [0.3, 0.4) is 0 Å². The van der Waals surface area contributed by atoms with E-state index in [1.807, 2.05) is 13.8 Å². The first-order valence-corrected chi connectivity index (χ1v) is 11.7. The molecule has 3 heterocycles. The number of amides is 1. The fraction of sp³-hybridized carbons (Fsp3) is 0.381. The number of aliphatic carboxylic acids is 1. The molecule has 2 unspecified atom stereocenters. The second kappa shape index (κ2) is 11.2. The largest absolute Gasteiger partial charge is 0.493 e. The van der Waals surface area contributed by atoms with Gasteiger partial charge < -0.3 is 20.5 Å². The van der Waals surface area contributed by atoms with Gasteiger partial charge in [0.1, 0.15) is 28.2 Å². The van der Waals surface area contributed by atoms with Crippen molar-refractivity contribution in [2.75, 3.05) is 18.5 Å². The van der Waals surface area contributed by atoms with Crippen LogP contribution in [0.5, 0.6) is 5.75 Å². The Balaban J connectivity index is 0.000000454. The fourth-order valence-corrected chi connectivity index (χ4v) is 4.38. The smallest absolute Gasteiger partial charge is 0.490 e. The van der Waals surface area contributed by atoms with E-state index in [0.717, 1.165) is 4.83 Å². The number of fused-ring (bicyclic) bond motifs is 1. The maximum atomic E-state index is 15.0. The Kier molecular flexibility index (Phi) is 8.51. The number of benzene rings is 1. The highest BCUT2D eigenvalue weighted by Crippen LogP contribution is 2.42. The van der Waals surface area contributed by atoms with Crippen molar-refractivity contribution < 1.29 is 37.0 Å². The number of carbonyl (C=O) groups excluding carboxylic acids is 1. The van der Waals surface area contributed by atoms with Crippen molar-refractivity contribution in [1.29, 1.82) is 0 Å². The molecule has 1 aromatic carbocycles. The number of alkyl halides is 3. The van der Waals surface area contributed by atoms with Crippen molar-refractivity contribution in [2.45, 2.75) is 38.4 Å². The second-order valence-electron chi connectivity index (χ2n) is 7.54. The van der Waals surface area contributed by atoms with Gasteiger partial charge in [-0.1, -0.05) is 11.6 Å². The Morgan fingerprint density at radius 1 is 1.39 bits per heavy atom. The molecule has 0 spiro atoms. The Labute approximate surface area is 210 Å². The summed E-state index contributed by atoms with van der Waals surface area (Å²) in [6, 6.07) is 1.26. The van der Waals surface area contributed by atoms with Gasteiger partial charge in [0.15, 0.2) is 5.82 Å². The number of carboxylic acids is 1. The molecule has 36 heavy (non-hydrogen) atoms. The van der Waals surface area contributed by atoms with Crippen molar-refractivity contribution in [2.24, 2.45) is 0 Å². The molecule has 1 aliphatic heterocycles. The number of anilines is 1. The molecular formula is C21H20ClF4N5O4S. The summed E-state index contributed by atoms with van der Waals surface area (Å²) in [7, 11) is 0. The van der Waals surface area contributed by atoms with Gasteiger partial charge in [-0.25, -0.2) is 24.1 Å². The molecule has 3 N–H and O–H groups in total. The minimum atomic E-state index is -5.08. The van der Waals surface area contributed by atoms with Gasteiger partial charge in [-0.15, -0.1) is 11.3 Å². The van der Waals surface area contributed by atoms with Gasteiger partial charge in [0.2, 0.25) is 5.91 Å². The molecule has 0 saturated carbocycles. The van der Waals surface area contributed by atoms with Gasteiger partial charge in [0.05, 0.1) is 23.2 Å². The third kappa shape index (κ3) is 6.10. The van der Waals surface area contributed by atoms with E-state index >= 15 is 4.39 Å². The number of carbonyl (C=O) groups is 2. The maximum absolute atomic E-state index is 15.0. The summed E-state index contributed by atoms with van der Waals surface area (Å²) in [4.78, 5) is 34.2. The summed E-state index contributed by atoms with van der Waals surface area (Å²) in [5, 5.41) is 13.2. The topological polar surface area (TPSA) is 126 Å². The molecule has 1 fully saturated rings. The standard InChI is InChI=1S/C19H19ClFN5O2S.C2HF3O2/c1-3-28-17-11(5-12(20)15(21)14(17)10-4-13(27)22-6-10)9(2)26-18-16-19(24-7-23-18)29-8-25-16;3-2(4,5)1(6)7/h5,7-10H,3-4,6H2,1-2H3,(H,22,27)(H,23,24,26);(H,6,7). The Hall–Kier alpha value is -3.26. The molecular weight excluding hydrogens is 530 g/mol. The van der Waals surface area contributed by atoms with Gasteiger partial charge in [-0.05, 0) is 19.9 Å². The molecule has 15 heteroatoms. The lowest BCUT2D eigenvalue weighted by Crippen LogP contribution is -2.21. The Morgan fingerprint density at radius 3 is 2.67 bits per heavy atom. The third-order valence-corrected chi connectivity index (χ3v) is 6.11. The van der Waals surface area contributed by atoms with Crippen LogP contribution in [0.2, 0.25) is 5.02 Å². The van der Waals surface area contributed by atoms with Crippen LogP contribution in [0.15, 0.2) is 17.9 Å². The second-order valence-corrected chi connectivity index (χ2v) is 8.78. The normalized spacial score (nSPS) is 16.2. The first-order chi connectivity index (χ1) is 16.9. The maximum Gasteiger partial charge on any atom is 0.490 e. The molecule has 194 valence electrons. The van der Waals surface area contributed by atoms with E-state index in [0.29, 0.717) is 41.4 Å². The predicted octanol–water partition coefficient (Wildman–Crippen LogP) is 4.69. The molecule has 1 saturated heterocycles. The van der Waals surface area contributed by atoms with Crippen molar-refractivity contribution >= 4 is 51.0 Å². The average Bonchev–Trinajstić information content (AvgIpc) is 3.45. The summed E-state index contributed by atoms with van der Waals surface area (Å²) in [6.45, 7) is 4.45. The Bertz CT molecular complexity index is 1270. The van der Waals surface area contributed by atoms with E-state index in [1.54, 1.807) is 11.6 Å². The molecule has 1 amide bonds. The van der Waals surface area contributed by atoms with Crippen molar-refractivity contribution in [3.8, 4) is 5.75 Å². The predicted molar refractivity (Wildman–Crippen MR) is 124 cm³/mol. The molecule has 2 atom stereocenters. The van der Waals surface area contributed by atoms with Crippen molar-refractivity contribution in [1.82, 2.24) is 20.3 Å². The molecule has 0 aliphatic carbocycles. The number of ether oxygens (including phenoxy) is 1. The Morgan fingerprint density at radius 2 is 2.08 bits per heavy atom. The van der Waals surface area contributed by atoms with E-state index in [4.69, 9.17) is 26.2 Å². The summed E-state index contributed by atoms with van der Waals surface area (Å²) >= 11 is 7.65. The lowest BCUT2D eigenvalue weighted by molar-refractivity contribution is -0.192. The quantitative estimate of drug-likeness (QED) is 0.378. The summed E-state index contributed by atoms with van der Waals surface area (Å²) in [5.41, 5.74) is 3.40. The molecule has 3 aromatic rings. The van der Waals surface area contributed by atoms with Crippen LogP contribution in [-0.4, -0.2) is 51.3 Å². The summed E-state index contributed by atoms with van der Waals surface area (Å²) < 4.78 is 52.6. The van der Waals surface area contributed by atoms with Crippen LogP contribution in [0.25, 0.3) is 10.3 Å². The number of thiazole rings is 1. The van der Waals surface area contributed by atoms with E-state index in [9.17, 15) is 18.0 Å². The van der Waals surface area contributed by atoms with Crippen LogP contribution in [0, 0.1) is 5.82 Å². The number of halogens is 5. The van der Waals surface area contributed by atoms with Gasteiger partial charge >= 0.3 is 12.1 Å². The summed E-state index contributed by atoms with van der Waals surface area (Å²) in [5.74, 6) is -2.76. The number of aromatic nitrogens is 3. The van der Waals surface area contributed by atoms with Gasteiger partial charge in [0, 0.05) is 30.0 Å². The summed E-state index contributed by atoms with van der Waals surface area (Å²) in [6.07, 6.45) is -3.41. The van der Waals surface area contributed by atoms with Gasteiger partial charge in [-0.3, -0.25) is 4.79 Å². The average molecular weight is 550 g/mol. The fourth-order valence-electron chi connectivity index (χ4n) is 3.53. The number of hydrogen-bond acceptors (Lipinski definition) is 8. The lowest BCUT2D eigenvalue weighted by atomic mass is 9.92. The zero-order valence-electron chi connectivity index (χ0n) is 18.8. The third-order valence-electron chi connectivity index (χ3n) is 5.11. The molecule has 1 aliphatic rings. The SMILES string of the molecule is CCOc1c(C(C)Nc2ncnc3scnc23)cc(Cl)c(F)c1C1CNC(=O)C1.O=C(O)C(F)(F)F. The lowest BCUT2D eigenvalue weighted by Gasteiger charge is -2.24. The zero-order valence-corrected chi connectivity index (χ0v) is 20.4. The highest BCUT2D eigenvalue weighted by molar-refractivity contribution is 7.16. The number of nitrogens with zero attached hydrogens (tertiary/aromatic N) is 3. The minimum absolute atomic E-state index is 0.00653. The van der Waals surface area contributed by atoms with Crippen LogP contribution in [0.1, 0.15) is 43.4 Å². The van der Waals surface area contributed by atoms with Gasteiger partial charge in [-0.2, -0.15) is 13.2 Å². The molecule has 0 radical (unpaired) electrons. The van der Waals surface area contributed by atoms with Crippen LogP contribution in [0.4, 0.5) is 23.4 Å². The first-order valence-electron chi connectivity index (χ1n) is 10.5. The van der Waals surface area contributed by atoms with Gasteiger partial charge in [0.25, 0.3) is 0 Å².